The van der Waals surface area contributed by atoms with Crippen LogP contribution in [0.3, 0.4) is 0 Å². The van der Waals surface area contributed by atoms with Crippen LogP contribution in [0.25, 0.3) is 0 Å². The van der Waals surface area contributed by atoms with E-state index in [1.807, 2.05) is 6.08 Å². The van der Waals surface area contributed by atoms with Crippen LogP contribution in [-0.2, 0) is 28.7 Å². The molecular formula is C27H32O6. The summed E-state index contributed by atoms with van der Waals surface area (Å²) in [5, 5.41) is 0. The maximum absolute atomic E-state index is 13.4. The van der Waals surface area contributed by atoms with Gasteiger partial charge in [-0.15, -0.1) is 0 Å². The Morgan fingerprint density at radius 3 is 2.64 bits per heavy atom. The first-order chi connectivity index (χ1) is 15.6. The topological polar surface area (TPSA) is 86.7 Å². The summed E-state index contributed by atoms with van der Waals surface area (Å²) in [6.45, 7) is 5.77. The maximum Gasteiger partial charge on any atom is 0.307 e. The summed E-state index contributed by atoms with van der Waals surface area (Å²) < 4.78 is 10.9. The van der Waals surface area contributed by atoms with Crippen LogP contribution in [0.2, 0.25) is 0 Å². The van der Waals surface area contributed by atoms with Crippen molar-refractivity contribution in [3.8, 4) is 0 Å². The number of carbonyl (C=O) groups excluding carboxylic acids is 4. The minimum absolute atomic E-state index is 0.00801. The lowest BCUT2D eigenvalue weighted by Gasteiger charge is -2.56. The smallest absolute Gasteiger partial charge is 0.307 e. The molecule has 1 aliphatic heterocycles. The zero-order chi connectivity index (χ0) is 23.6. The van der Waals surface area contributed by atoms with Crippen molar-refractivity contribution in [2.24, 2.45) is 28.6 Å². The van der Waals surface area contributed by atoms with Gasteiger partial charge in [-0.25, -0.2) is 0 Å². The Balaban J connectivity index is 1.59. The van der Waals surface area contributed by atoms with Gasteiger partial charge in [-0.2, -0.15) is 0 Å². The minimum Gasteiger partial charge on any atom is -0.458 e. The fourth-order valence-corrected chi connectivity index (χ4v) is 7.65. The quantitative estimate of drug-likeness (QED) is 0.273. The van der Waals surface area contributed by atoms with Gasteiger partial charge in [0, 0.05) is 49.2 Å². The van der Waals surface area contributed by atoms with Gasteiger partial charge in [0.05, 0.1) is 6.26 Å². The predicted molar refractivity (Wildman–Crippen MR) is 120 cm³/mol. The van der Waals surface area contributed by atoms with E-state index in [0.717, 1.165) is 38.4 Å². The van der Waals surface area contributed by atoms with Gasteiger partial charge in [0.1, 0.15) is 11.4 Å². The zero-order valence-electron chi connectivity index (χ0n) is 19.6. The summed E-state index contributed by atoms with van der Waals surface area (Å²) in [5.41, 5.74) is 1.12. The molecule has 0 amide bonds. The number of hydrogen-bond donors (Lipinski definition) is 0. The monoisotopic (exact) mass is 452 g/mol. The Morgan fingerprint density at radius 1 is 1.15 bits per heavy atom. The van der Waals surface area contributed by atoms with Gasteiger partial charge in [0.2, 0.25) is 0 Å². The van der Waals surface area contributed by atoms with Crippen LogP contribution in [0, 0.1) is 28.6 Å². The van der Waals surface area contributed by atoms with E-state index in [9.17, 15) is 19.2 Å². The van der Waals surface area contributed by atoms with Gasteiger partial charge < -0.3 is 9.47 Å². The van der Waals surface area contributed by atoms with Crippen molar-refractivity contribution >= 4 is 23.5 Å². The normalized spacial score (nSPS) is 41.7. The molecule has 1 saturated heterocycles. The molecule has 0 aromatic carbocycles. The highest BCUT2D eigenvalue weighted by Crippen LogP contribution is 2.68. The average Bonchev–Trinajstić information content (AvgIpc) is 3.28. The Morgan fingerprint density at radius 2 is 1.94 bits per heavy atom. The molecule has 6 heteroatoms. The summed E-state index contributed by atoms with van der Waals surface area (Å²) >= 11 is 0. The fraction of sp³-hybridized carbons (Fsp3) is 0.630. The van der Waals surface area contributed by atoms with Crippen molar-refractivity contribution in [2.45, 2.75) is 77.7 Å². The first kappa shape index (κ1) is 22.3. The third-order valence-electron chi connectivity index (χ3n) is 9.55. The van der Waals surface area contributed by atoms with Gasteiger partial charge in [-0.05, 0) is 49.4 Å². The largest absolute Gasteiger partial charge is 0.458 e. The molecule has 6 atom stereocenters. The maximum atomic E-state index is 13.4. The van der Waals surface area contributed by atoms with E-state index >= 15 is 0 Å². The van der Waals surface area contributed by atoms with E-state index in [2.05, 4.69) is 19.9 Å². The third-order valence-corrected chi connectivity index (χ3v) is 9.55. The van der Waals surface area contributed by atoms with Gasteiger partial charge in [0.15, 0.2) is 5.78 Å². The number of rotatable bonds is 3. The molecule has 1 heterocycles. The molecule has 0 aromatic heterocycles. The summed E-state index contributed by atoms with van der Waals surface area (Å²) in [6.07, 6.45) is 12.4. The van der Waals surface area contributed by atoms with Crippen LogP contribution in [0.1, 0.15) is 72.1 Å². The number of carbonyl (C=O) groups is 4. The van der Waals surface area contributed by atoms with Crippen LogP contribution in [0.15, 0.2) is 35.6 Å². The number of fused-ring (bicyclic) bond motifs is 6. The summed E-state index contributed by atoms with van der Waals surface area (Å²) in [7, 11) is 0. The van der Waals surface area contributed by atoms with E-state index in [1.165, 1.54) is 18.6 Å². The Labute approximate surface area is 194 Å². The molecule has 33 heavy (non-hydrogen) atoms. The molecule has 6 nitrogen and oxygen atoms in total. The molecule has 3 fully saturated rings. The average molecular weight is 453 g/mol. The predicted octanol–water partition coefficient (Wildman–Crippen LogP) is 4.39. The first-order valence-corrected chi connectivity index (χ1v) is 12.1. The molecule has 1 spiro atoms. The van der Waals surface area contributed by atoms with Crippen LogP contribution in [-0.4, -0.2) is 29.1 Å². The number of ketones is 2. The molecule has 0 radical (unpaired) electrons. The second-order valence-corrected chi connectivity index (χ2v) is 11.0. The van der Waals surface area contributed by atoms with Gasteiger partial charge in [-0.3, -0.25) is 19.2 Å². The summed E-state index contributed by atoms with van der Waals surface area (Å²) in [6, 6.07) is 0. The van der Waals surface area contributed by atoms with E-state index < -0.39 is 11.6 Å². The summed E-state index contributed by atoms with van der Waals surface area (Å²) in [4.78, 5) is 49.0. The van der Waals surface area contributed by atoms with Crippen LogP contribution < -0.4 is 0 Å². The van der Waals surface area contributed by atoms with Crippen LogP contribution >= 0.6 is 0 Å². The lowest BCUT2D eigenvalue weighted by molar-refractivity contribution is -0.160. The Hall–Kier alpha value is -2.50. The molecule has 1 unspecified atom stereocenters. The molecule has 2 saturated carbocycles. The van der Waals surface area contributed by atoms with Gasteiger partial charge >= 0.3 is 11.9 Å². The highest BCUT2D eigenvalue weighted by atomic mass is 16.6. The Kier molecular flexibility index (Phi) is 5.07. The lowest BCUT2D eigenvalue weighted by Crippen LogP contribution is -2.52. The van der Waals surface area contributed by atoms with Crippen molar-refractivity contribution in [3.63, 3.8) is 0 Å². The zero-order valence-corrected chi connectivity index (χ0v) is 19.6. The number of hydrogen-bond acceptors (Lipinski definition) is 6. The molecule has 5 aliphatic rings. The summed E-state index contributed by atoms with van der Waals surface area (Å²) in [5.74, 6) is -0.443. The molecular weight excluding hydrogens is 420 g/mol. The van der Waals surface area contributed by atoms with Crippen molar-refractivity contribution in [1.82, 2.24) is 0 Å². The molecule has 0 bridgehead atoms. The van der Waals surface area contributed by atoms with E-state index in [4.69, 9.17) is 9.47 Å². The first-order valence-electron chi connectivity index (χ1n) is 12.1. The Bertz CT molecular complexity index is 1030. The van der Waals surface area contributed by atoms with E-state index in [-0.39, 0.29) is 46.1 Å². The SMILES string of the molecule is CC(=O)OC=CC(=O)C1=CC2CC(=O)CC[C@]2(C)C2=CC[C@@]3(C)[C@@H](CC[C@@]34CCC(=O)O4)[C@H]12. The number of esters is 2. The van der Waals surface area contributed by atoms with Crippen molar-refractivity contribution in [3.05, 3.63) is 35.6 Å². The number of Topliss-reactive ketones (excluding diaryl/α,β-unsaturated/α-hetero) is 1. The van der Waals surface area contributed by atoms with Crippen LogP contribution in [0.5, 0.6) is 0 Å². The van der Waals surface area contributed by atoms with Crippen molar-refractivity contribution < 1.29 is 28.7 Å². The third kappa shape index (κ3) is 3.20. The molecule has 5 rings (SSSR count). The fourth-order valence-electron chi connectivity index (χ4n) is 7.65. The number of allylic oxidation sites excluding steroid dienone is 5. The van der Waals surface area contributed by atoms with E-state index in [0.29, 0.717) is 24.8 Å². The number of ether oxygens (including phenoxy) is 2. The van der Waals surface area contributed by atoms with Gasteiger partial charge in [0.25, 0.3) is 0 Å². The highest BCUT2D eigenvalue weighted by molar-refractivity contribution is 6.05. The second kappa shape index (κ2) is 7.51. The minimum atomic E-state index is -0.478. The van der Waals surface area contributed by atoms with Crippen molar-refractivity contribution in [1.29, 1.82) is 0 Å². The molecule has 0 N–H and O–H groups in total. The molecule has 176 valence electrons. The van der Waals surface area contributed by atoms with E-state index in [1.54, 1.807) is 0 Å². The van der Waals surface area contributed by atoms with Crippen molar-refractivity contribution in [2.75, 3.05) is 0 Å². The standard InChI is InChI=1S/C27H32O6/c1-16(28)32-13-8-22(30)19-15-17-14-18(29)4-9-25(17,2)20-5-10-26(3)21(24(19)20)6-11-27(26)12-7-23(31)33-27/h5,8,13,15,17,21,24H,4,6-7,9-12,14H2,1-3H3/t17?,21-,24+,25-,26-,27+/m0/s1. The second-order valence-electron chi connectivity index (χ2n) is 11.0. The highest BCUT2D eigenvalue weighted by Gasteiger charge is 2.66. The molecule has 0 aromatic rings. The van der Waals surface area contributed by atoms with Crippen LogP contribution in [0.4, 0.5) is 0 Å². The van der Waals surface area contributed by atoms with Gasteiger partial charge in [-0.1, -0.05) is 31.6 Å². The molecule has 4 aliphatic carbocycles. The lowest BCUT2D eigenvalue weighted by atomic mass is 9.48.